The van der Waals surface area contributed by atoms with Crippen LogP contribution in [0.15, 0.2) is 35.5 Å². The van der Waals surface area contributed by atoms with Gasteiger partial charge < -0.3 is 15.2 Å². The van der Waals surface area contributed by atoms with Gasteiger partial charge in [0.2, 0.25) is 5.91 Å². The lowest BCUT2D eigenvalue weighted by molar-refractivity contribution is -0.144. The van der Waals surface area contributed by atoms with E-state index < -0.39 is 23.5 Å². The number of nitrogens with one attached hydrogen (secondary N) is 1. The largest absolute Gasteiger partial charge is 0.478 e. The van der Waals surface area contributed by atoms with Gasteiger partial charge in [0.1, 0.15) is 5.60 Å². The second-order valence-corrected chi connectivity index (χ2v) is 5.92. The first-order valence-corrected chi connectivity index (χ1v) is 6.90. The van der Waals surface area contributed by atoms with Crippen molar-refractivity contribution in [1.82, 2.24) is 5.32 Å². The molecule has 1 unspecified atom stereocenters. The third-order valence-electron chi connectivity index (χ3n) is 4.00. The smallest absolute Gasteiger partial charge is 0.337 e. The molecule has 6 nitrogen and oxygen atoms in total. The van der Waals surface area contributed by atoms with Gasteiger partial charge in [-0.3, -0.25) is 4.79 Å². The van der Waals surface area contributed by atoms with Gasteiger partial charge in [-0.25, -0.2) is 9.59 Å². The summed E-state index contributed by atoms with van der Waals surface area (Å²) in [6, 6.07) is 6.21. The van der Waals surface area contributed by atoms with Gasteiger partial charge in [0.15, 0.2) is 0 Å². The Morgan fingerprint density at radius 1 is 1.27 bits per heavy atom. The zero-order chi connectivity index (χ0) is 16.1. The number of amides is 1. The van der Waals surface area contributed by atoms with Crippen LogP contribution in [0.3, 0.4) is 0 Å². The normalized spacial score (nSPS) is 22.9. The maximum atomic E-state index is 12.2. The maximum absolute atomic E-state index is 12.2. The second kappa shape index (κ2) is 4.69. The van der Waals surface area contributed by atoms with Gasteiger partial charge in [0, 0.05) is 12.3 Å². The van der Waals surface area contributed by atoms with Crippen LogP contribution in [0.25, 0.3) is 0 Å². The van der Waals surface area contributed by atoms with Crippen LogP contribution in [-0.4, -0.2) is 28.6 Å². The fraction of sp³-hybridized carbons (Fsp3) is 0.312. The highest BCUT2D eigenvalue weighted by atomic mass is 16.6. The third-order valence-corrected chi connectivity index (χ3v) is 4.00. The number of aromatic carboxylic acids is 1. The molecule has 6 heteroatoms. The van der Waals surface area contributed by atoms with Gasteiger partial charge in [0.25, 0.3) is 0 Å². The van der Waals surface area contributed by atoms with Crippen molar-refractivity contribution in [3.05, 3.63) is 46.7 Å². The zero-order valence-corrected chi connectivity index (χ0v) is 12.2. The van der Waals surface area contributed by atoms with Gasteiger partial charge in [0.05, 0.1) is 16.8 Å². The van der Waals surface area contributed by atoms with Crippen LogP contribution in [0.1, 0.15) is 42.1 Å². The molecule has 2 N–H and O–H groups in total. The summed E-state index contributed by atoms with van der Waals surface area (Å²) in [5, 5.41) is 11.7. The second-order valence-electron chi connectivity index (χ2n) is 5.92. The van der Waals surface area contributed by atoms with E-state index in [9.17, 15) is 14.4 Å². The Labute approximate surface area is 126 Å². The van der Waals surface area contributed by atoms with Gasteiger partial charge in [-0.15, -0.1) is 0 Å². The minimum Gasteiger partial charge on any atom is -0.478 e. The summed E-state index contributed by atoms with van der Waals surface area (Å²) in [4.78, 5) is 35.0. The Bertz CT molecular complexity index is 715. The van der Waals surface area contributed by atoms with E-state index in [0.29, 0.717) is 11.3 Å². The van der Waals surface area contributed by atoms with Crippen LogP contribution in [0.4, 0.5) is 0 Å². The number of ether oxygens (including phenoxy) is 1. The van der Waals surface area contributed by atoms with Gasteiger partial charge in [-0.2, -0.15) is 0 Å². The van der Waals surface area contributed by atoms with E-state index in [1.54, 1.807) is 26.0 Å². The quantitative estimate of drug-likeness (QED) is 0.809. The number of carboxylic acids is 1. The number of esters is 1. The lowest BCUT2D eigenvalue weighted by atomic mass is 9.82. The molecule has 22 heavy (non-hydrogen) atoms. The lowest BCUT2D eigenvalue weighted by Gasteiger charge is -2.27. The molecule has 2 heterocycles. The van der Waals surface area contributed by atoms with Gasteiger partial charge in [-0.05, 0) is 31.5 Å². The summed E-state index contributed by atoms with van der Waals surface area (Å²) in [6.07, 6.45) is 0.135. The Balaban J connectivity index is 2.06. The Morgan fingerprint density at radius 2 is 1.91 bits per heavy atom. The fourth-order valence-electron chi connectivity index (χ4n) is 2.92. The number of hydrogen-bond acceptors (Lipinski definition) is 4. The predicted molar refractivity (Wildman–Crippen MR) is 76.1 cm³/mol. The standard InChI is InChI=1S/C16H15NO5/c1-16(2)13-12(15(21)22-16)10(7-11(18)17-13)8-3-5-9(6-4-8)14(19)20/h3-6,10H,7H2,1-2H3,(H,17,18)(H,19,20). The zero-order valence-electron chi connectivity index (χ0n) is 12.2. The van der Waals surface area contributed by atoms with Crippen molar-refractivity contribution in [2.75, 3.05) is 0 Å². The number of benzene rings is 1. The van der Waals surface area contributed by atoms with Crippen molar-refractivity contribution in [2.45, 2.75) is 31.8 Å². The van der Waals surface area contributed by atoms with E-state index in [4.69, 9.17) is 9.84 Å². The monoisotopic (exact) mass is 301 g/mol. The molecule has 1 aromatic rings. The molecular formula is C16H15NO5. The number of hydrogen-bond donors (Lipinski definition) is 2. The summed E-state index contributed by atoms with van der Waals surface area (Å²) in [6.45, 7) is 3.45. The molecule has 0 spiro atoms. The van der Waals surface area contributed by atoms with E-state index in [2.05, 4.69) is 5.32 Å². The van der Waals surface area contributed by atoms with E-state index in [-0.39, 0.29) is 17.9 Å². The summed E-state index contributed by atoms with van der Waals surface area (Å²) in [7, 11) is 0. The van der Waals surface area contributed by atoms with Crippen molar-refractivity contribution in [3.8, 4) is 0 Å². The lowest BCUT2D eigenvalue weighted by Crippen LogP contribution is -2.38. The highest BCUT2D eigenvalue weighted by Crippen LogP contribution is 2.42. The Hall–Kier alpha value is -2.63. The SMILES string of the molecule is CC1(C)OC(=O)C2=C1NC(=O)CC2c1ccc(C(=O)O)cc1. The van der Waals surface area contributed by atoms with E-state index in [1.165, 1.54) is 12.1 Å². The van der Waals surface area contributed by atoms with Crippen LogP contribution in [0.5, 0.6) is 0 Å². The molecule has 0 fully saturated rings. The Morgan fingerprint density at radius 3 is 2.50 bits per heavy atom. The predicted octanol–water partition coefficient (Wildman–Crippen LogP) is 1.58. The average Bonchev–Trinajstić information content (AvgIpc) is 2.68. The molecule has 0 saturated heterocycles. The van der Waals surface area contributed by atoms with Crippen molar-refractivity contribution in [2.24, 2.45) is 0 Å². The highest BCUT2D eigenvalue weighted by molar-refractivity contribution is 5.99. The van der Waals surface area contributed by atoms with Crippen LogP contribution in [0, 0.1) is 0 Å². The molecule has 2 aliphatic rings. The number of carbonyl (C=O) groups excluding carboxylic acids is 2. The molecule has 2 aliphatic heterocycles. The maximum Gasteiger partial charge on any atom is 0.337 e. The summed E-state index contributed by atoms with van der Waals surface area (Å²) >= 11 is 0. The first-order valence-electron chi connectivity index (χ1n) is 6.90. The van der Waals surface area contributed by atoms with Gasteiger partial charge >= 0.3 is 11.9 Å². The molecule has 1 atom stereocenters. The van der Waals surface area contributed by atoms with Crippen molar-refractivity contribution < 1.29 is 24.2 Å². The number of rotatable bonds is 2. The molecule has 0 radical (unpaired) electrons. The first-order chi connectivity index (χ1) is 10.3. The van der Waals surface area contributed by atoms with Crippen molar-refractivity contribution in [1.29, 1.82) is 0 Å². The van der Waals surface area contributed by atoms with Gasteiger partial charge in [-0.1, -0.05) is 12.1 Å². The molecule has 114 valence electrons. The summed E-state index contributed by atoms with van der Waals surface area (Å²) in [5.41, 5.74) is 0.977. The van der Waals surface area contributed by atoms with Crippen LogP contribution >= 0.6 is 0 Å². The summed E-state index contributed by atoms with van der Waals surface area (Å²) in [5.74, 6) is -2.06. The molecule has 0 saturated carbocycles. The fourth-order valence-corrected chi connectivity index (χ4v) is 2.92. The molecule has 0 aliphatic carbocycles. The van der Waals surface area contributed by atoms with Crippen LogP contribution < -0.4 is 5.32 Å². The average molecular weight is 301 g/mol. The van der Waals surface area contributed by atoms with E-state index in [1.807, 2.05) is 0 Å². The molecular weight excluding hydrogens is 286 g/mol. The van der Waals surface area contributed by atoms with Crippen LogP contribution in [0.2, 0.25) is 0 Å². The first kappa shape index (κ1) is 14.3. The molecule has 1 aromatic carbocycles. The van der Waals surface area contributed by atoms with E-state index in [0.717, 1.165) is 5.56 Å². The Kier molecular flexibility index (Phi) is 3.05. The molecule has 3 rings (SSSR count). The molecule has 1 amide bonds. The van der Waals surface area contributed by atoms with E-state index >= 15 is 0 Å². The van der Waals surface area contributed by atoms with Crippen LogP contribution in [-0.2, 0) is 14.3 Å². The minimum absolute atomic E-state index is 0.135. The topological polar surface area (TPSA) is 92.7 Å². The number of carboxylic acid groups (broad SMARTS) is 1. The summed E-state index contributed by atoms with van der Waals surface area (Å²) < 4.78 is 5.34. The number of cyclic esters (lactones) is 1. The molecule has 0 bridgehead atoms. The highest BCUT2D eigenvalue weighted by Gasteiger charge is 2.47. The van der Waals surface area contributed by atoms with Crippen molar-refractivity contribution >= 4 is 17.8 Å². The molecule has 0 aromatic heterocycles. The number of carbonyl (C=O) groups is 3. The minimum atomic E-state index is -1.02. The third kappa shape index (κ3) is 2.16. The van der Waals surface area contributed by atoms with Crippen molar-refractivity contribution in [3.63, 3.8) is 0 Å².